The van der Waals surface area contributed by atoms with Crippen LogP contribution in [-0.4, -0.2) is 26.3 Å². The van der Waals surface area contributed by atoms with Crippen molar-refractivity contribution in [2.45, 2.75) is 20.8 Å². The normalized spacial score (nSPS) is 16.5. The van der Waals surface area contributed by atoms with Gasteiger partial charge in [0.2, 0.25) is 0 Å². The minimum atomic E-state index is -1.22. The maximum atomic E-state index is 12.9. The first-order valence-corrected chi connectivity index (χ1v) is 4.20. The summed E-state index contributed by atoms with van der Waals surface area (Å²) in [4.78, 5) is 11.4. The monoisotopic (exact) mass is 191 g/mol. The van der Waals surface area contributed by atoms with Crippen molar-refractivity contribution in [2.24, 2.45) is 16.6 Å². The average Bonchev–Trinajstić information content (AvgIpc) is 2.04. The number of carbonyl (C=O) groups excluding carboxylic acids is 1. The Morgan fingerprint density at radius 2 is 1.92 bits per heavy atom. The Morgan fingerprint density at radius 1 is 1.46 bits per heavy atom. The van der Waals surface area contributed by atoms with Crippen molar-refractivity contribution >= 4 is 5.97 Å². The molecule has 1 unspecified atom stereocenters. The Hall–Kier alpha value is -0.640. The van der Waals surface area contributed by atoms with Gasteiger partial charge in [0.05, 0.1) is 7.11 Å². The SMILES string of the molecule is COC(=O)C(CN)(CF)C(C)(C)C. The van der Waals surface area contributed by atoms with E-state index in [2.05, 4.69) is 4.74 Å². The van der Waals surface area contributed by atoms with Crippen molar-refractivity contribution in [3.8, 4) is 0 Å². The zero-order valence-electron chi connectivity index (χ0n) is 8.69. The van der Waals surface area contributed by atoms with Gasteiger partial charge < -0.3 is 10.5 Å². The molecule has 0 aliphatic heterocycles. The molecule has 0 aromatic carbocycles. The Morgan fingerprint density at radius 3 is 2.00 bits per heavy atom. The van der Waals surface area contributed by atoms with Crippen LogP contribution >= 0.6 is 0 Å². The molecule has 2 N–H and O–H groups in total. The fraction of sp³-hybridized carbons (Fsp3) is 0.889. The second-order valence-electron chi connectivity index (χ2n) is 4.16. The molecule has 0 fully saturated rings. The number of hydrogen-bond donors (Lipinski definition) is 1. The molecule has 0 bridgehead atoms. The van der Waals surface area contributed by atoms with Gasteiger partial charge in [0.15, 0.2) is 0 Å². The summed E-state index contributed by atoms with van der Waals surface area (Å²) in [5.41, 5.74) is 3.68. The first kappa shape index (κ1) is 12.4. The molecule has 0 spiro atoms. The number of alkyl halides is 1. The smallest absolute Gasteiger partial charge is 0.316 e. The molecule has 0 amide bonds. The van der Waals surface area contributed by atoms with Crippen LogP contribution in [0.2, 0.25) is 0 Å². The van der Waals surface area contributed by atoms with Crippen molar-refractivity contribution in [1.82, 2.24) is 0 Å². The summed E-state index contributed by atoms with van der Waals surface area (Å²) in [6, 6.07) is 0. The van der Waals surface area contributed by atoms with Gasteiger partial charge in [-0.15, -0.1) is 0 Å². The minimum absolute atomic E-state index is 0.0420. The first-order valence-electron chi connectivity index (χ1n) is 4.20. The number of carbonyl (C=O) groups is 1. The molecule has 0 rings (SSSR count). The largest absolute Gasteiger partial charge is 0.468 e. The lowest BCUT2D eigenvalue weighted by molar-refractivity contribution is -0.160. The van der Waals surface area contributed by atoms with Crippen molar-refractivity contribution in [2.75, 3.05) is 20.3 Å². The number of nitrogens with two attached hydrogens (primary N) is 1. The van der Waals surface area contributed by atoms with Crippen LogP contribution in [0, 0.1) is 10.8 Å². The van der Waals surface area contributed by atoms with E-state index in [1.807, 2.05) is 0 Å². The molecule has 13 heavy (non-hydrogen) atoms. The second kappa shape index (κ2) is 4.05. The van der Waals surface area contributed by atoms with Crippen LogP contribution in [0.15, 0.2) is 0 Å². The Bertz CT molecular complexity index is 183. The third-order valence-electron chi connectivity index (χ3n) is 2.59. The molecule has 0 aliphatic rings. The van der Waals surface area contributed by atoms with E-state index in [1.54, 1.807) is 20.8 Å². The summed E-state index contributed by atoms with van der Waals surface area (Å²) in [5, 5.41) is 0. The van der Waals surface area contributed by atoms with Crippen LogP contribution in [0.5, 0.6) is 0 Å². The second-order valence-corrected chi connectivity index (χ2v) is 4.16. The lowest BCUT2D eigenvalue weighted by Crippen LogP contribution is -2.51. The zero-order chi connectivity index (χ0) is 10.7. The van der Waals surface area contributed by atoms with Crippen LogP contribution in [0.3, 0.4) is 0 Å². The average molecular weight is 191 g/mol. The van der Waals surface area contributed by atoms with Gasteiger partial charge in [0, 0.05) is 6.54 Å². The van der Waals surface area contributed by atoms with Gasteiger partial charge in [0.25, 0.3) is 0 Å². The summed E-state index contributed by atoms with van der Waals surface area (Å²) in [7, 11) is 1.24. The number of esters is 1. The Balaban J connectivity index is 5.03. The maximum absolute atomic E-state index is 12.9. The predicted molar refractivity (Wildman–Crippen MR) is 48.9 cm³/mol. The summed E-state index contributed by atoms with van der Waals surface area (Å²) in [6.07, 6.45) is 0. The number of hydrogen-bond acceptors (Lipinski definition) is 3. The number of methoxy groups -OCH3 is 1. The highest BCUT2D eigenvalue weighted by molar-refractivity contribution is 5.78. The highest BCUT2D eigenvalue weighted by atomic mass is 19.1. The highest BCUT2D eigenvalue weighted by Crippen LogP contribution is 2.39. The van der Waals surface area contributed by atoms with Gasteiger partial charge in [-0.05, 0) is 5.41 Å². The standard InChI is InChI=1S/C9H18FNO2/c1-8(2,3)9(5-10,6-11)7(12)13-4/h5-6,11H2,1-4H3. The van der Waals surface area contributed by atoms with Gasteiger partial charge in [0.1, 0.15) is 12.1 Å². The Labute approximate surface area is 78.4 Å². The molecule has 0 radical (unpaired) electrons. The lowest BCUT2D eigenvalue weighted by atomic mass is 9.67. The predicted octanol–water partition coefficient (Wildman–Crippen LogP) is 1.12. The molecule has 0 heterocycles. The fourth-order valence-electron chi connectivity index (χ4n) is 1.20. The maximum Gasteiger partial charge on any atom is 0.316 e. The van der Waals surface area contributed by atoms with Gasteiger partial charge in [-0.25, -0.2) is 4.39 Å². The third-order valence-corrected chi connectivity index (χ3v) is 2.59. The van der Waals surface area contributed by atoms with Crippen LogP contribution in [0.4, 0.5) is 4.39 Å². The highest BCUT2D eigenvalue weighted by Gasteiger charge is 2.48. The molecule has 78 valence electrons. The first-order chi connectivity index (χ1) is 5.85. The van der Waals surface area contributed by atoms with E-state index in [-0.39, 0.29) is 6.54 Å². The molecule has 0 aromatic rings. The molecule has 4 heteroatoms. The quantitative estimate of drug-likeness (QED) is 0.680. The number of ether oxygens (including phenoxy) is 1. The van der Waals surface area contributed by atoms with Crippen molar-refractivity contribution in [1.29, 1.82) is 0 Å². The van der Waals surface area contributed by atoms with E-state index in [4.69, 9.17) is 5.73 Å². The third kappa shape index (κ3) is 1.99. The molecule has 0 aliphatic carbocycles. The molecule has 0 saturated carbocycles. The van der Waals surface area contributed by atoms with Crippen LogP contribution in [-0.2, 0) is 9.53 Å². The Kier molecular flexibility index (Phi) is 3.85. The van der Waals surface area contributed by atoms with E-state index < -0.39 is 23.5 Å². The molecular formula is C9H18FNO2. The fourth-order valence-corrected chi connectivity index (χ4v) is 1.20. The van der Waals surface area contributed by atoms with E-state index >= 15 is 0 Å². The molecule has 1 atom stereocenters. The van der Waals surface area contributed by atoms with Crippen LogP contribution in [0.1, 0.15) is 20.8 Å². The summed E-state index contributed by atoms with van der Waals surface area (Å²) < 4.78 is 17.4. The lowest BCUT2D eigenvalue weighted by Gasteiger charge is -2.38. The van der Waals surface area contributed by atoms with Gasteiger partial charge >= 0.3 is 5.97 Å². The van der Waals surface area contributed by atoms with Gasteiger partial charge in [-0.2, -0.15) is 0 Å². The van der Waals surface area contributed by atoms with E-state index in [0.29, 0.717) is 0 Å². The van der Waals surface area contributed by atoms with E-state index in [1.165, 1.54) is 7.11 Å². The van der Waals surface area contributed by atoms with Gasteiger partial charge in [-0.3, -0.25) is 4.79 Å². The van der Waals surface area contributed by atoms with E-state index in [9.17, 15) is 9.18 Å². The number of rotatable bonds is 3. The molecular weight excluding hydrogens is 173 g/mol. The van der Waals surface area contributed by atoms with Crippen LogP contribution in [0.25, 0.3) is 0 Å². The van der Waals surface area contributed by atoms with Crippen molar-refractivity contribution in [3.63, 3.8) is 0 Å². The summed E-state index contributed by atoms with van der Waals surface area (Å²) >= 11 is 0. The molecule has 0 saturated heterocycles. The van der Waals surface area contributed by atoms with E-state index in [0.717, 1.165) is 0 Å². The van der Waals surface area contributed by atoms with Crippen molar-refractivity contribution in [3.05, 3.63) is 0 Å². The molecule has 0 aromatic heterocycles. The zero-order valence-corrected chi connectivity index (χ0v) is 8.69. The van der Waals surface area contributed by atoms with Gasteiger partial charge in [-0.1, -0.05) is 20.8 Å². The minimum Gasteiger partial charge on any atom is -0.468 e. The molecule has 3 nitrogen and oxygen atoms in total. The van der Waals surface area contributed by atoms with Crippen molar-refractivity contribution < 1.29 is 13.9 Å². The summed E-state index contributed by atoms with van der Waals surface area (Å²) in [5.74, 6) is -0.579. The topological polar surface area (TPSA) is 52.3 Å². The van der Waals surface area contributed by atoms with Crippen LogP contribution < -0.4 is 5.73 Å². The summed E-state index contributed by atoms with van der Waals surface area (Å²) in [6.45, 7) is 4.49. The number of halogens is 1.